The SMILES string of the molecule is O=C(C=Cc1ccc(Cl)cc1)Nc1cc2nn(-c3ccccc3)nc2cc1Cl. The third kappa shape index (κ3) is 4.06. The van der Waals surface area contributed by atoms with Crippen molar-refractivity contribution in [3.05, 3.63) is 88.4 Å². The lowest BCUT2D eigenvalue weighted by Gasteiger charge is -2.04. The smallest absolute Gasteiger partial charge is 0.248 e. The van der Waals surface area contributed by atoms with Crippen molar-refractivity contribution in [1.82, 2.24) is 15.0 Å². The monoisotopic (exact) mass is 408 g/mol. The van der Waals surface area contributed by atoms with Crippen LogP contribution in [-0.2, 0) is 4.79 Å². The van der Waals surface area contributed by atoms with Crippen LogP contribution in [0.3, 0.4) is 0 Å². The summed E-state index contributed by atoms with van der Waals surface area (Å²) in [4.78, 5) is 13.8. The molecular formula is C21H14Cl2N4O. The highest BCUT2D eigenvalue weighted by atomic mass is 35.5. The molecule has 138 valence electrons. The fraction of sp³-hybridized carbons (Fsp3) is 0. The molecule has 0 aliphatic carbocycles. The van der Waals surface area contributed by atoms with Crippen molar-refractivity contribution in [2.45, 2.75) is 0 Å². The maximum atomic E-state index is 12.2. The van der Waals surface area contributed by atoms with Crippen LogP contribution in [0.1, 0.15) is 5.56 Å². The van der Waals surface area contributed by atoms with E-state index in [2.05, 4.69) is 15.5 Å². The first-order valence-electron chi connectivity index (χ1n) is 8.45. The Morgan fingerprint density at radius 2 is 1.61 bits per heavy atom. The molecule has 1 N–H and O–H groups in total. The van der Waals surface area contributed by atoms with Gasteiger partial charge in [0.15, 0.2) is 0 Å². The fourth-order valence-electron chi connectivity index (χ4n) is 2.63. The third-order valence-corrected chi connectivity index (χ3v) is 4.58. The highest BCUT2D eigenvalue weighted by Gasteiger charge is 2.10. The predicted octanol–water partition coefficient (Wildman–Crippen LogP) is 5.38. The van der Waals surface area contributed by atoms with Crippen molar-refractivity contribution in [2.75, 3.05) is 5.32 Å². The van der Waals surface area contributed by atoms with Crippen molar-refractivity contribution in [3.8, 4) is 5.69 Å². The van der Waals surface area contributed by atoms with Crippen LogP contribution in [0.15, 0.2) is 72.8 Å². The highest BCUT2D eigenvalue weighted by molar-refractivity contribution is 6.34. The molecule has 1 heterocycles. The number of nitrogens with one attached hydrogen (secondary N) is 1. The van der Waals surface area contributed by atoms with E-state index in [0.29, 0.717) is 26.8 Å². The second-order valence-electron chi connectivity index (χ2n) is 6.02. The van der Waals surface area contributed by atoms with Crippen LogP contribution in [0, 0.1) is 0 Å². The van der Waals surface area contributed by atoms with Gasteiger partial charge in [0.1, 0.15) is 11.0 Å². The largest absolute Gasteiger partial charge is 0.321 e. The number of anilines is 1. The standard InChI is InChI=1S/C21H14Cl2N4O/c22-15-9-6-14(7-10-15)8-11-21(28)24-18-13-20-19(12-17(18)23)25-27(26-20)16-4-2-1-3-5-16/h1-13H,(H,24,28). The van der Waals surface area contributed by atoms with Crippen LogP contribution in [-0.4, -0.2) is 20.9 Å². The van der Waals surface area contributed by atoms with Crippen molar-refractivity contribution in [3.63, 3.8) is 0 Å². The average Bonchev–Trinajstić information content (AvgIpc) is 3.11. The summed E-state index contributed by atoms with van der Waals surface area (Å²) in [5, 5.41) is 12.7. The van der Waals surface area contributed by atoms with Gasteiger partial charge in [0.25, 0.3) is 0 Å². The van der Waals surface area contributed by atoms with Gasteiger partial charge in [-0.2, -0.15) is 4.80 Å². The van der Waals surface area contributed by atoms with E-state index in [1.54, 1.807) is 30.3 Å². The lowest BCUT2D eigenvalue weighted by Crippen LogP contribution is -2.08. The Morgan fingerprint density at radius 1 is 0.929 bits per heavy atom. The number of amides is 1. The molecule has 4 aromatic rings. The van der Waals surface area contributed by atoms with E-state index in [0.717, 1.165) is 11.3 Å². The molecule has 0 aliphatic heterocycles. The van der Waals surface area contributed by atoms with Gasteiger partial charge >= 0.3 is 0 Å². The zero-order valence-corrected chi connectivity index (χ0v) is 16.0. The topological polar surface area (TPSA) is 59.8 Å². The van der Waals surface area contributed by atoms with Crippen molar-refractivity contribution < 1.29 is 4.79 Å². The number of hydrogen-bond acceptors (Lipinski definition) is 3. The lowest BCUT2D eigenvalue weighted by atomic mass is 10.2. The normalized spacial score (nSPS) is 11.2. The molecule has 28 heavy (non-hydrogen) atoms. The van der Waals surface area contributed by atoms with Gasteiger partial charge in [-0.25, -0.2) is 0 Å². The summed E-state index contributed by atoms with van der Waals surface area (Å²) < 4.78 is 0. The van der Waals surface area contributed by atoms with Gasteiger partial charge in [-0.3, -0.25) is 4.79 Å². The molecule has 0 aliphatic rings. The lowest BCUT2D eigenvalue weighted by molar-refractivity contribution is -0.111. The molecule has 0 atom stereocenters. The Hall–Kier alpha value is -3.15. The molecule has 0 bridgehead atoms. The molecule has 0 saturated heterocycles. The first-order chi connectivity index (χ1) is 13.6. The van der Waals surface area contributed by atoms with Gasteiger partial charge in [0.05, 0.1) is 16.4 Å². The quantitative estimate of drug-likeness (QED) is 0.461. The number of hydrogen-bond donors (Lipinski definition) is 1. The molecular weight excluding hydrogens is 395 g/mol. The van der Waals surface area contributed by atoms with E-state index in [-0.39, 0.29) is 5.91 Å². The third-order valence-electron chi connectivity index (χ3n) is 4.01. The number of carbonyl (C=O) groups is 1. The molecule has 3 aromatic carbocycles. The minimum absolute atomic E-state index is 0.299. The van der Waals surface area contributed by atoms with Crippen molar-refractivity contribution in [2.24, 2.45) is 0 Å². The van der Waals surface area contributed by atoms with Gasteiger partial charge in [-0.1, -0.05) is 53.5 Å². The van der Waals surface area contributed by atoms with Gasteiger partial charge in [-0.05, 0) is 48.0 Å². The molecule has 0 radical (unpaired) electrons. The zero-order chi connectivity index (χ0) is 19.5. The number of fused-ring (bicyclic) bond motifs is 1. The minimum atomic E-state index is -0.299. The Kier molecular flexibility index (Phi) is 5.10. The second-order valence-corrected chi connectivity index (χ2v) is 6.86. The molecule has 0 spiro atoms. The number of rotatable bonds is 4. The first kappa shape index (κ1) is 18.2. The van der Waals surface area contributed by atoms with Gasteiger partial charge < -0.3 is 5.32 Å². The van der Waals surface area contributed by atoms with Crippen LogP contribution in [0.25, 0.3) is 22.8 Å². The number of carbonyl (C=O) groups excluding carboxylic acids is 1. The molecule has 0 saturated carbocycles. The predicted molar refractivity (Wildman–Crippen MR) is 113 cm³/mol. The number of aromatic nitrogens is 3. The summed E-state index contributed by atoms with van der Waals surface area (Å²) >= 11 is 12.2. The van der Waals surface area contributed by atoms with E-state index in [1.165, 1.54) is 10.9 Å². The number of nitrogens with zero attached hydrogens (tertiary/aromatic N) is 3. The fourth-order valence-corrected chi connectivity index (χ4v) is 2.96. The maximum Gasteiger partial charge on any atom is 0.248 e. The van der Waals surface area contributed by atoms with Crippen LogP contribution in [0.2, 0.25) is 10.0 Å². The zero-order valence-electron chi connectivity index (χ0n) is 14.5. The summed E-state index contributed by atoms with van der Waals surface area (Å²) in [6.07, 6.45) is 3.13. The Morgan fingerprint density at radius 3 is 2.32 bits per heavy atom. The van der Waals surface area contributed by atoms with Crippen LogP contribution in [0.5, 0.6) is 0 Å². The van der Waals surface area contributed by atoms with Crippen molar-refractivity contribution in [1.29, 1.82) is 0 Å². The molecule has 1 aromatic heterocycles. The number of para-hydroxylation sites is 1. The van der Waals surface area contributed by atoms with E-state index in [9.17, 15) is 4.79 Å². The minimum Gasteiger partial charge on any atom is -0.321 e. The molecule has 4 rings (SSSR count). The molecule has 5 nitrogen and oxygen atoms in total. The van der Waals surface area contributed by atoms with Gasteiger partial charge in [0, 0.05) is 11.1 Å². The van der Waals surface area contributed by atoms with Crippen LogP contribution >= 0.6 is 23.2 Å². The molecule has 0 unspecified atom stereocenters. The summed E-state index contributed by atoms with van der Waals surface area (Å²) in [6, 6.07) is 20.1. The number of benzene rings is 3. The summed E-state index contributed by atoms with van der Waals surface area (Å²) in [6.45, 7) is 0. The Bertz CT molecular complexity index is 1170. The maximum absolute atomic E-state index is 12.2. The van der Waals surface area contributed by atoms with Gasteiger partial charge in [0.2, 0.25) is 5.91 Å². The van der Waals surface area contributed by atoms with E-state index in [4.69, 9.17) is 23.2 Å². The van der Waals surface area contributed by atoms with Crippen LogP contribution in [0.4, 0.5) is 5.69 Å². The number of halogens is 2. The van der Waals surface area contributed by atoms with E-state index >= 15 is 0 Å². The Labute approximate surface area is 171 Å². The highest BCUT2D eigenvalue weighted by Crippen LogP contribution is 2.27. The van der Waals surface area contributed by atoms with E-state index in [1.807, 2.05) is 42.5 Å². The Balaban J connectivity index is 1.55. The van der Waals surface area contributed by atoms with Crippen molar-refractivity contribution >= 4 is 51.9 Å². The van der Waals surface area contributed by atoms with Gasteiger partial charge in [-0.15, -0.1) is 10.2 Å². The summed E-state index contributed by atoms with van der Waals surface area (Å²) in [5.41, 5.74) is 3.45. The van der Waals surface area contributed by atoms with Crippen LogP contribution < -0.4 is 5.32 Å². The second kappa shape index (κ2) is 7.84. The summed E-state index contributed by atoms with van der Waals surface area (Å²) in [7, 11) is 0. The molecule has 7 heteroatoms. The molecule has 0 fully saturated rings. The summed E-state index contributed by atoms with van der Waals surface area (Å²) in [5.74, 6) is -0.299. The molecule has 1 amide bonds. The van der Waals surface area contributed by atoms with E-state index < -0.39 is 0 Å². The average molecular weight is 409 g/mol. The first-order valence-corrected chi connectivity index (χ1v) is 9.21.